The Labute approximate surface area is 162 Å². The normalized spacial score (nSPS) is 21.0. The van der Waals surface area contributed by atoms with E-state index >= 15 is 0 Å². The van der Waals surface area contributed by atoms with E-state index in [1.54, 1.807) is 4.90 Å². The van der Waals surface area contributed by atoms with Gasteiger partial charge in [-0.15, -0.1) is 12.4 Å². The third kappa shape index (κ3) is 4.21. The van der Waals surface area contributed by atoms with Gasteiger partial charge in [-0.3, -0.25) is 9.59 Å². The molecular formula is C20H30ClN3O2. The highest BCUT2D eigenvalue weighted by Gasteiger charge is 2.38. The second-order valence-corrected chi connectivity index (χ2v) is 7.45. The largest absolute Gasteiger partial charge is 0.342 e. The predicted molar refractivity (Wildman–Crippen MR) is 107 cm³/mol. The van der Waals surface area contributed by atoms with E-state index in [1.165, 1.54) is 5.56 Å². The molecule has 1 N–H and O–H groups in total. The second kappa shape index (κ2) is 8.87. The van der Waals surface area contributed by atoms with Crippen LogP contribution in [0.25, 0.3) is 0 Å². The lowest BCUT2D eigenvalue weighted by Crippen LogP contribution is -2.43. The van der Waals surface area contributed by atoms with Gasteiger partial charge in [-0.2, -0.15) is 0 Å². The van der Waals surface area contributed by atoms with Gasteiger partial charge in [0.25, 0.3) is 0 Å². The van der Waals surface area contributed by atoms with E-state index in [4.69, 9.17) is 0 Å². The van der Waals surface area contributed by atoms with Gasteiger partial charge in [0.05, 0.1) is 5.92 Å². The Bertz CT molecular complexity index is 656. The van der Waals surface area contributed by atoms with Crippen LogP contribution in [0.4, 0.5) is 5.69 Å². The van der Waals surface area contributed by atoms with Crippen molar-refractivity contribution in [2.24, 2.45) is 11.8 Å². The first-order valence-electron chi connectivity index (χ1n) is 9.31. The molecule has 2 heterocycles. The zero-order valence-corrected chi connectivity index (χ0v) is 16.8. The number of nitrogens with one attached hydrogen (secondary N) is 1. The smallest absolute Gasteiger partial charge is 0.228 e. The molecule has 1 unspecified atom stereocenters. The number of hydrogen-bond donors (Lipinski definition) is 1. The highest BCUT2D eigenvalue weighted by atomic mass is 35.5. The zero-order valence-electron chi connectivity index (χ0n) is 16.0. The van der Waals surface area contributed by atoms with E-state index in [0.717, 1.165) is 43.7 Å². The van der Waals surface area contributed by atoms with Gasteiger partial charge in [0.2, 0.25) is 11.8 Å². The van der Waals surface area contributed by atoms with Crippen LogP contribution in [0.15, 0.2) is 18.2 Å². The maximum absolute atomic E-state index is 12.9. The summed E-state index contributed by atoms with van der Waals surface area (Å²) in [6.07, 6.45) is 2.44. The lowest BCUT2D eigenvalue weighted by Gasteiger charge is -2.33. The molecule has 26 heavy (non-hydrogen) atoms. The third-order valence-electron chi connectivity index (χ3n) is 5.76. The Morgan fingerprint density at radius 3 is 2.58 bits per heavy atom. The summed E-state index contributed by atoms with van der Waals surface area (Å²) in [5, 5.41) is 3.22. The van der Waals surface area contributed by atoms with Crippen molar-refractivity contribution in [2.75, 3.05) is 38.1 Å². The van der Waals surface area contributed by atoms with Crippen molar-refractivity contribution in [2.45, 2.75) is 33.1 Å². The minimum Gasteiger partial charge on any atom is -0.342 e. The number of rotatable bonds is 4. The number of benzene rings is 1. The lowest BCUT2D eigenvalue weighted by atomic mass is 9.95. The van der Waals surface area contributed by atoms with Crippen molar-refractivity contribution in [3.05, 3.63) is 29.3 Å². The number of hydrogen-bond acceptors (Lipinski definition) is 3. The van der Waals surface area contributed by atoms with E-state index in [2.05, 4.69) is 18.3 Å². The molecule has 1 aromatic carbocycles. The van der Waals surface area contributed by atoms with Crippen molar-refractivity contribution >= 4 is 29.9 Å². The summed E-state index contributed by atoms with van der Waals surface area (Å²) in [5.41, 5.74) is 3.25. The summed E-state index contributed by atoms with van der Waals surface area (Å²) in [6, 6.07) is 6.01. The summed E-state index contributed by atoms with van der Waals surface area (Å²) in [7, 11) is 1.98. The molecule has 0 saturated carbocycles. The standard InChI is InChI=1S/C20H29N3O2.ClH/c1-14-5-4-6-18(15(14)2)23-13-17(11-19(23)24)20(25)22-9-7-16(8-10-22)12-21-3;/h4-6,16-17,21H,7-13H2,1-3H3;1H. The monoisotopic (exact) mass is 379 g/mol. The molecule has 2 saturated heterocycles. The number of nitrogens with zero attached hydrogens (tertiary/aromatic N) is 2. The van der Waals surface area contributed by atoms with Gasteiger partial charge in [0.1, 0.15) is 0 Å². The molecule has 0 radical (unpaired) electrons. The fourth-order valence-corrected chi connectivity index (χ4v) is 4.04. The minimum atomic E-state index is -0.201. The molecule has 0 aliphatic carbocycles. The molecule has 0 aromatic heterocycles. The molecule has 144 valence electrons. The number of amides is 2. The molecule has 0 spiro atoms. The van der Waals surface area contributed by atoms with Gasteiger partial charge in [-0.1, -0.05) is 12.1 Å². The van der Waals surface area contributed by atoms with Crippen LogP contribution in [-0.4, -0.2) is 49.9 Å². The fraction of sp³-hybridized carbons (Fsp3) is 0.600. The summed E-state index contributed by atoms with van der Waals surface area (Å²) < 4.78 is 0. The van der Waals surface area contributed by atoms with E-state index in [1.807, 2.05) is 31.0 Å². The van der Waals surface area contributed by atoms with Crippen molar-refractivity contribution in [3.8, 4) is 0 Å². The fourth-order valence-electron chi connectivity index (χ4n) is 4.04. The highest BCUT2D eigenvalue weighted by Crippen LogP contribution is 2.31. The Hall–Kier alpha value is -1.59. The quantitative estimate of drug-likeness (QED) is 0.874. The number of piperidine rings is 1. The van der Waals surface area contributed by atoms with Gasteiger partial charge in [-0.05, 0) is 63.4 Å². The molecule has 2 amide bonds. The van der Waals surface area contributed by atoms with Crippen molar-refractivity contribution in [1.29, 1.82) is 0 Å². The Balaban J connectivity index is 0.00000243. The first-order chi connectivity index (χ1) is 12.0. The molecule has 2 aliphatic rings. The Kier molecular flexibility index (Phi) is 7.07. The predicted octanol–water partition coefficient (Wildman–Crippen LogP) is 2.54. The van der Waals surface area contributed by atoms with Crippen LogP contribution in [0, 0.1) is 25.7 Å². The van der Waals surface area contributed by atoms with E-state index < -0.39 is 0 Å². The first kappa shape index (κ1) is 20.7. The van der Waals surface area contributed by atoms with Gasteiger partial charge in [0, 0.05) is 31.7 Å². The number of carbonyl (C=O) groups excluding carboxylic acids is 2. The number of anilines is 1. The molecule has 2 aliphatic heterocycles. The molecular weight excluding hydrogens is 350 g/mol. The summed E-state index contributed by atoms with van der Waals surface area (Å²) >= 11 is 0. The van der Waals surface area contributed by atoms with Crippen molar-refractivity contribution < 1.29 is 9.59 Å². The summed E-state index contributed by atoms with van der Waals surface area (Å²) in [5.74, 6) is 0.681. The minimum absolute atomic E-state index is 0. The number of aryl methyl sites for hydroxylation is 1. The average molecular weight is 380 g/mol. The van der Waals surface area contributed by atoms with Gasteiger partial charge < -0.3 is 15.1 Å². The van der Waals surface area contributed by atoms with E-state index in [0.29, 0.717) is 18.9 Å². The van der Waals surface area contributed by atoms with Crippen LogP contribution < -0.4 is 10.2 Å². The van der Waals surface area contributed by atoms with Gasteiger partial charge >= 0.3 is 0 Å². The van der Waals surface area contributed by atoms with Crippen LogP contribution in [0.5, 0.6) is 0 Å². The molecule has 1 aromatic rings. The number of likely N-dealkylation sites (tertiary alicyclic amines) is 1. The maximum atomic E-state index is 12.9. The highest BCUT2D eigenvalue weighted by molar-refractivity contribution is 6.00. The maximum Gasteiger partial charge on any atom is 0.228 e. The zero-order chi connectivity index (χ0) is 18.0. The van der Waals surface area contributed by atoms with Crippen molar-refractivity contribution in [1.82, 2.24) is 10.2 Å². The third-order valence-corrected chi connectivity index (χ3v) is 5.76. The van der Waals surface area contributed by atoms with Crippen LogP contribution in [0.3, 0.4) is 0 Å². The molecule has 5 nitrogen and oxygen atoms in total. The van der Waals surface area contributed by atoms with Gasteiger partial charge in [0.15, 0.2) is 0 Å². The van der Waals surface area contributed by atoms with E-state index in [9.17, 15) is 9.59 Å². The number of carbonyl (C=O) groups is 2. The summed E-state index contributed by atoms with van der Waals surface area (Å²) in [6.45, 7) is 7.26. The van der Waals surface area contributed by atoms with Crippen LogP contribution in [0.2, 0.25) is 0 Å². The van der Waals surface area contributed by atoms with Crippen LogP contribution >= 0.6 is 12.4 Å². The van der Waals surface area contributed by atoms with Crippen LogP contribution in [0.1, 0.15) is 30.4 Å². The first-order valence-corrected chi connectivity index (χ1v) is 9.31. The molecule has 3 rings (SSSR count). The lowest BCUT2D eigenvalue weighted by molar-refractivity contribution is -0.137. The van der Waals surface area contributed by atoms with Gasteiger partial charge in [-0.25, -0.2) is 0 Å². The average Bonchev–Trinajstić information content (AvgIpc) is 2.99. The molecule has 6 heteroatoms. The Morgan fingerprint density at radius 2 is 1.92 bits per heavy atom. The van der Waals surface area contributed by atoms with Crippen LogP contribution in [-0.2, 0) is 9.59 Å². The SMILES string of the molecule is CNCC1CCN(C(=O)C2CC(=O)N(c3cccc(C)c3C)C2)CC1.Cl. The Morgan fingerprint density at radius 1 is 1.23 bits per heavy atom. The summed E-state index contributed by atoms with van der Waals surface area (Å²) in [4.78, 5) is 29.2. The second-order valence-electron chi connectivity index (χ2n) is 7.45. The van der Waals surface area contributed by atoms with Crippen molar-refractivity contribution in [3.63, 3.8) is 0 Å². The molecule has 1 atom stereocenters. The molecule has 0 bridgehead atoms. The topological polar surface area (TPSA) is 52.7 Å². The number of halogens is 1. The molecule has 2 fully saturated rings. The van der Waals surface area contributed by atoms with E-state index in [-0.39, 0.29) is 30.1 Å².